The van der Waals surface area contributed by atoms with Gasteiger partial charge < -0.3 is 10.8 Å². The summed E-state index contributed by atoms with van der Waals surface area (Å²) >= 11 is 0. The van der Waals surface area contributed by atoms with Gasteiger partial charge in [-0.1, -0.05) is 20.8 Å². The van der Waals surface area contributed by atoms with Crippen molar-refractivity contribution in [2.75, 3.05) is 19.7 Å². The highest BCUT2D eigenvalue weighted by Crippen LogP contribution is 2.43. The molecule has 2 aliphatic carbocycles. The van der Waals surface area contributed by atoms with Gasteiger partial charge >= 0.3 is 0 Å². The van der Waals surface area contributed by atoms with Crippen LogP contribution >= 0.6 is 0 Å². The van der Waals surface area contributed by atoms with Crippen molar-refractivity contribution in [1.82, 2.24) is 4.90 Å². The first-order valence-electron chi connectivity index (χ1n) is 8.04. The molecule has 2 rings (SSSR count). The van der Waals surface area contributed by atoms with E-state index < -0.39 is 0 Å². The molecule has 3 nitrogen and oxygen atoms in total. The molecule has 3 heteroatoms. The van der Waals surface area contributed by atoms with Crippen molar-refractivity contribution in [2.24, 2.45) is 23.0 Å². The number of nitrogens with zero attached hydrogens (tertiary/aromatic N) is 1. The number of aliphatic hydroxyl groups is 1. The van der Waals surface area contributed by atoms with Gasteiger partial charge in [-0.2, -0.15) is 0 Å². The van der Waals surface area contributed by atoms with E-state index in [1.54, 1.807) is 0 Å². The molecule has 2 aliphatic rings. The van der Waals surface area contributed by atoms with Crippen LogP contribution in [0, 0.1) is 17.3 Å². The van der Waals surface area contributed by atoms with Crippen LogP contribution in [-0.4, -0.2) is 41.8 Å². The number of hydrogen-bond donors (Lipinski definition) is 2. The van der Waals surface area contributed by atoms with Gasteiger partial charge in [0.25, 0.3) is 0 Å². The molecule has 0 radical (unpaired) electrons. The third-order valence-electron chi connectivity index (χ3n) is 5.28. The minimum atomic E-state index is 0.282. The van der Waals surface area contributed by atoms with Crippen molar-refractivity contribution in [3.8, 4) is 0 Å². The third kappa shape index (κ3) is 3.71. The van der Waals surface area contributed by atoms with E-state index in [2.05, 4.69) is 25.7 Å². The Morgan fingerprint density at radius 3 is 2.32 bits per heavy atom. The summed E-state index contributed by atoms with van der Waals surface area (Å²) in [4.78, 5) is 2.58. The molecular formula is C16H32N2O. The molecule has 3 unspecified atom stereocenters. The van der Waals surface area contributed by atoms with Gasteiger partial charge in [-0.05, 0) is 55.9 Å². The summed E-state index contributed by atoms with van der Waals surface area (Å²) in [5, 5.41) is 9.36. The molecular weight excluding hydrogens is 236 g/mol. The quantitative estimate of drug-likeness (QED) is 0.804. The van der Waals surface area contributed by atoms with Crippen LogP contribution in [0.4, 0.5) is 0 Å². The summed E-state index contributed by atoms with van der Waals surface area (Å²) in [5.74, 6) is 1.42. The van der Waals surface area contributed by atoms with E-state index in [0.717, 1.165) is 25.0 Å². The van der Waals surface area contributed by atoms with Crippen LogP contribution < -0.4 is 5.73 Å². The average Bonchev–Trinajstić information content (AvgIpc) is 3.18. The minimum Gasteiger partial charge on any atom is -0.395 e. The summed E-state index contributed by atoms with van der Waals surface area (Å²) in [6, 6.07) is 1.33. The molecule has 3 atom stereocenters. The molecule has 0 aromatic carbocycles. The van der Waals surface area contributed by atoms with Crippen LogP contribution in [0.25, 0.3) is 0 Å². The molecule has 3 N–H and O–H groups in total. The van der Waals surface area contributed by atoms with Gasteiger partial charge in [0.15, 0.2) is 0 Å². The molecule has 0 aromatic rings. The van der Waals surface area contributed by atoms with Gasteiger partial charge in [0.05, 0.1) is 6.61 Å². The number of aliphatic hydroxyl groups excluding tert-OH is 1. The second-order valence-electron chi connectivity index (χ2n) is 7.63. The van der Waals surface area contributed by atoms with Gasteiger partial charge in [0.1, 0.15) is 0 Å². The van der Waals surface area contributed by atoms with E-state index >= 15 is 0 Å². The zero-order valence-corrected chi connectivity index (χ0v) is 12.9. The molecule has 0 saturated heterocycles. The van der Waals surface area contributed by atoms with E-state index in [-0.39, 0.29) is 6.61 Å². The molecule has 0 amide bonds. The summed E-state index contributed by atoms with van der Waals surface area (Å²) in [5.41, 5.74) is 6.41. The van der Waals surface area contributed by atoms with Crippen LogP contribution in [0.5, 0.6) is 0 Å². The smallest absolute Gasteiger partial charge is 0.0558 e. The maximum Gasteiger partial charge on any atom is 0.0558 e. The van der Waals surface area contributed by atoms with Gasteiger partial charge in [-0.25, -0.2) is 0 Å². The summed E-state index contributed by atoms with van der Waals surface area (Å²) in [6.45, 7) is 9.02. The Hall–Kier alpha value is -0.120. The Morgan fingerprint density at radius 1 is 1.16 bits per heavy atom. The second kappa shape index (κ2) is 6.11. The van der Waals surface area contributed by atoms with Gasteiger partial charge in [-0.3, -0.25) is 4.90 Å². The molecule has 19 heavy (non-hydrogen) atoms. The lowest BCUT2D eigenvalue weighted by Crippen LogP contribution is -2.50. The number of rotatable bonds is 5. The first-order valence-corrected chi connectivity index (χ1v) is 8.04. The molecule has 0 heterocycles. The van der Waals surface area contributed by atoms with Crippen molar-refractivity contribution in [2.45, 2.75) is 65.0 Å². The van der Waals surface area contributed by atoms with Crippen molar-refractivity contribution in [1.29, 1.82) is 0 Å². The lowest BCUT2D eigenvalue weighted by Gasteiger charge is -2.46. The van der Waals surface area contributed by atoms with E-state index in [9.17, 15) is 5.11 Å². The Kier molecular flexibility index (Phi) is 4.91. The standard InChI is InChI=1S/C16H32N2O/c1-16(2,3)13-5-4-12(11-17)15(10-13)18(8-9-19)14-6-7-14/h12-15,19H,4-11,17H2,1-3H3. The predicted octanol–water partition coefficient (Wildman–Crippen LogP) is 2.23. The number of nitrogens with two attached hydrogens (primary N) is 1. The van der Waals surface area contributed by atoms with Crippen LogP contribution in [0.1, 0.15) is 52.9 Å². The highest BCUT2D eigenvalue weighted by molar-refractivity contribution is 4.96. The summed E-state index contributed by atoms with van der Waals surface area (Å²) in [7, 11) is 0. The Morgan fingerprint density at radius 2 is 1.84 bits per heavy atom. The molecule has 0 aromatic heterocycles. The molecule has 2 saturated carbocycles. The van der Waals surface area contributed by atoms with Gasteiger partial charge in [0, 0.05) is 18.6 Å². The highest BCUT2D eigenvalue weighted by Gasteiger charge is 2.42. The molecule has 112 valence electrons. The van der Waals surface area contributed by atoms with Crippen molar-refractivity contribution in [3.05, 3.63) is 0 Å². The second-order valence-corrected chi connectivity index (χ2v) is 7.63. The summed E-state index contributed by atoms with van der Waals surface area (Å²) in [6.07, 6.45) is 6.47. The number of hydrogen-bond acceptors (Lipinski definition) is 3. The monoisotopic (exact) mass is 268 g/mol. The lowest BCUT2D eigenvalue weighted by molar-refractivity contribution is 0.0311. The molecule has 2 fully saturated rings. The third-order valence-corrected chi connectivity index (χ3v) is 5.28. The van der Waals surface area contributed by atoms with Crippen LogP contribution in [0.15, 0.2) is 0 Å². The Bertz CT molecular complexity index is 283. The first-order chi connectivity index (χ1) is 8.97. The van der Waals surface area contributed by atoms with Crippen LogP contribution in [-0.2, 0) is 0 Å². The van der Waals surface area contributed by atoms with Crippen molar-refractivity contribution >= 4 is 0 Å². The minimum absolute atomic E-state index is 0.282. The van der Waals surface area contributed by atoms with Crippen molar-refractivity contribution < 1.29 is 5.11 Å². The maximum atomic E-state index is 9.36. The van der Waals surface area contributed by atoms with E-state index in [0.29, 0.717) is 17.4 Å². The first kappa shape index (κ1) is 15.3. The fraction of sp³-hybridized carbons (Fsp3) is 1.00. The average molecular weight is 268 g/mol. The summed E-state index contributed by atoms with van der Waals surface area (Å²) < 4.78 is 0. The lowest BCUT2D eigenvalue weighted by atomic mass is 9.67. The zero-order valence-electron chi connectivity index (χ0n) is 12.9. The highest BCUT2D eigenvalue weighted by atomic mass is 16.3. The Labute approximate surface area is 118 Å². The SMILES string of the molecule is CC(C)(C)C1CCC(CN)C(N(CCO)C2CC2)C1. The van der Waals surface area contributed by atoms with Crippen LogP contribution in [0.3, 0.4) is 0 Å². The topological polar surface area (TPSA) is 49.5 Å². The van der Waals surface area contributed by atoms with Crippen molar-refractivity contribution in [3.63, 3.8) is 0 Å². The predicted molar refractivity (Wildman–Crippen MR) is 79.9 cm³/mol. The Balaban J connectivity index is 2.07. The van der Waals surface area contributed by atoms with E-state index in [4.69, 9.17) is 5.73 Å². The normalized spacial score (nSPS) is 32.8. The van der Waals surface area contributed by atoms with Crippen LogP contribution in [0.2, 0.25) is 0 Å². The molecule has 0 spiro atoms. The molecule has 0 bridgehead atoms. The molecule has 0 aliphatic heterocycles. The van der Waals surface area contributed by atoms with Gasteiger partial charge in [-0.15, -0.1) is 0 Å². The largest absolute Gasteiger partial charge is 0.395 e. The maximum absolute atomic E-state index is 9.36. The van der Waals surface area contributed by atoms with E-state index in [1.165, 1.54) is 32.1 Å². The van der Waals surface area contributed by atoms with Gasteiger partial charge in [0.2, 0.25) is 0 Å². The fourth-order valence-electron chi connectivity index (χ4n) is 3.82. The fourth-order valence-corrected chi connectivity index (χ4v) is 3.82. The zero-order chi connectivity index (χ0) is 14.0. The van der Waals surface area contributed by atoms with E-state index in [1.807, 2.05) is 0 Å².